The van der Waals surface area contributed by atoms with Crippen molar-refractivity contribution >= 4 is 0 Å². The predicted molar refractivity (Wildman–Crippen MR) is 66.3 cm³/mol. The molecular weight excluding hydrogens is 188 g/mol. The van der Waals surface area contributed by atoms with Crippen molar-refractivity contribution in [2.75, 3.05) is 40.9 Å². The van der Waals surface area contributed by atoms with Gasteiger partial charge in [0.05, 0.1) is 6.61 Å². The van der Waals surface area contributed by atoms with Gasteiger partial charge in [-0.15, -0.1) is 0 Å². The number of hydrogen-bond acceptors (Lipinski definition) is 3. The van der Waals surface area contributed by atoms with Crippen molar-refractivity contribution < 1.29 is 4.74 Å². The van der Waals surface area contributed by atoms with E-state index in [2.05, 4.69) is 38.0 Å². The Kier molecular flexibility index (Phi) is 7.14. The second-order valence-corrected chi connectivity index (χ2v) is 5.29. The zero-order valence-electron chi connectivity index (χ0n) is 11.3. The van der Waals surface area contributed by atoms with E-state index in [4.69, 9.17) is 4.74 Å². The van der Waals surface area contributed by atoms with Crippen molar-refractivity contribution in [3.8, 4) is 0 Å². The molecule has 15 heavy (non-hydrogen) atoms. The Morgan fingerprint density at radius 3 is 2.27 bits per heavy atom. The Morgan fingerprint density at radius 1 is 1.27 bits per heavy atom. The van der Waals surface area contributed by atoms with Gasteiger partial charge in [0.25, 0.3) is 0 Å². The van der Waals surface area contributed by atoms with Gasteiger partial charge in [0.15, 0.2) is 0 Å². The van der Waals surface area contributed by atoms with E-state index in [9.17, 15) is 0 Å². The molecule has 1 unspecified atom stereocenters. The summed E-state index contributed by atoms with van der Waals surface area (Å²) in [4.78, 5) is 2.32. The molecule has 0 rings (SSSR count). The molecular formula is C12H28N2O. The highest BCUT2D eigenvalue weighted by atomic mass is 16.5. The Balaban J connectivity index is 3.80. The smallest absolute Gasteiger partial charge is 0.0589 e. The topological polar surface area (TPSA) is 24.5 Å². The maximum Gasteiger partial charge on any atom is 0.0589 e. The summed E-state index contributed by atoms with van der Waals surface area (Å²) in [7, 11) is 5.94. The highest BCUT2D eigenvalue weighted by Gasteiger charge is 2.22. The molecule has 0 spiro atoms. The number of likely N-dealkylation sites (N-methyl/N-ethyl adjacent to an activating group) is 1. The highest BCUT2D eigenvalue weighted by molar-refractivity contribution is 4.79. The van der Waals surface area contributed by atoms with Crippen molar-refractivity contribution in [3.63, 3.8) is 0 Å². The first kappa shape index (κ1) is 14.9. The first-order valence-corrected chi connectivity index (χ1v) is 5.76. The molecule has 0 fully saturated rings. The van der Waals surface area contributed by atoms with E-state index in [-0.39, 0.29) is 0 Å². The van der Waals surface area contributed by atoms with Crippen LogP contribution in [-0.4, -0.2) is 51.8 Å². The van der Waals surface area contributed by atoms with E-state index in [1.54, 1.807) is 7.11 Å². The summed E-state index contributed by atoms with van der Waals surface area (Å²) in [6, 6.07) is 0.572. The van der Waals surface area contributed by atoms with Gasteiger partial charge in [-0.3, -0.25) is 0 Å². The van der Waals surface area contributed by atoms with E-state index in [0.717, 1.165) is 19.7 Å². The third-order valence-electron chi connectivity index (χ3n) is 2.87. The first-order chi connectivity index (χ1) is 6.91. The minimum atomic E-state index is 0.330. The second-order valence-electron chi connectivity index (χ2n) is 5.29. The molecule has 0 saturated heterocycles. The van der Waals surface area contributed by atoms with E-state index >= 15 is 0 Å². The number of nitrogens with zero attached hydrogens (tertiary/aromatic N) is 1. The van der Waals surface area contributed by atoms with Crippen molar-refractivity contribution in [2.45, 2.75) is 33.2 Å². The fraction of sp³-hybridized carbons (Fsp3) is 1.00. The Bertz CT molecular complexity index is 154. The van der Waals surface area contributed by atoms with Gasteiger partial charge in [-0.05, 0) is 32.5 Å². The lowest BCUT2D eigenvalue weighted by molar-refractivity contribution is 0.153. The molecule has 0 heterocycles. The lowest BCUT2D eigenvalue weighted by Gasteiger charge is -2.31. The molecule has 0 aliphatic rings. The number of methoxy groups -OCH3 is 1. The van der Waals surface area contributed by atoms with Gasteiger partial charge < -0.3 is 15.0 Å². The fourth-order valence-electron chi connectivity index (χ4n) is 1.72. The Labute approximate surface area is 95.2 Å². The number of ether oxygens (including phenoxy) is 1. The molecule has 0 amide bonds. The normalized spacial score (nSPS) is 14.6. The molecule has 0 aromatic rings. The van der Waals surface area contributed by atoms with Gasteiger partial charge in [-0.1, -0.05) is 20.8 Å². The van der Waals surface area contributed by atoms with Gasteiger partial charge in [-0.2, -0.15) is 0 Å². The zero-order valence-corrected chi connectivity index (χ0v) is 11.3. The Hall–Kier alpha value is -0.120. The summed E-state index contributed by atoms with van der Waals surface area (Å²) in [5, 5.41) is 3.40. The summed E-state index contributed by atoms with van der Waals surface area (Å²) >= 11 is 0. The maximum absolute atomic E-state index is 5.06. The largest absolute Gasteiger partial charge is 0.383 e. The molecule has 3 heteroatoms. The van der Waals surface area contributed by atoms with Crippen molar-refractivity contribution in [3.05, 3.63) is 0 Å². The van der Waals surface area contributed by atoms with Crippen LogP contribution in [0.1, 0.15) is 27.2 Å². The molecule has 0 aliphatic heterocycles. The maximum atomic E-state index is 5.06. The number of rotatable bonds is 7. The third kappa shape index (κ3) is 6.88. The van der Waals surface area contributed by atoms with Gasteiger partial charge >= 0.3 is 0 Å². The summed E-state index contributed by atoms with van der Waals surface area (Å²) in [6.07, 6.45) is 1.18. The van der Waals surface area contributed by atoms with Crippen LogP contribution < -0.4 is 5.32 Å². The van der Waals surface area contributed by atoms with Gasteiger partial charge in [-0.25, -0.2) is 0 Å². The molecule has 3 nitrogen and oxygen atoms in total. The Morgan fingerprint density at radius 2 is 1.87 bits per heavy atom. The van der Waals surface area contributed by atoms with Crippen LogP contribution in [0.25, 0.3) is 0 Å². The molecule has 0 aliphatic carbocycles. The molecule has 0 aromatic carbocycles. The van der Waals surface area contributed by atoms with Crippen LogP contribution >= 0.6 is 0 Å². The monoisotopic (exact) mass is 216 g/mol. The molecule has 1 atom stereocenters. The van der Waals surface area contributed by atoms with Crippen LogP contribution in [0.5, 0.6) is 0 Å². The lowest BCUT2D eigenvalue weighted by atomic mass is 9.85. The van der Waals surface area contributed by atoms with Crippen LogP contribution in [0.15, 0.2) is 0 Å². The summed E-state index contributed by atoms with van der Waals surface area (Å²) < 4.78 is 5.06. The summed E-state index contributed by atoms with van der Waals surface area (Å²) in [5.41, 5.74) is 0.330. The molecule has 0 bridgehead atoms. The SMILES string of the molecule is CNC(CCN(C)CCOC)C(C)(C)C. The van der Waals surface area contributed by atoms with Crippen molar-refractivity contribution in [2.24, 2.45) is 5.41 Å². The molecule has 92 valence electrons. The second kappa shape index (κ2) is 7.20. The van der Waals surface area contributed by atoms with Crippen molar-refractivity contribution in [1.29, 1.82) is 0 Å². The van der Waals surface area contributed by atoms with E-state index in [1.165, 1.54) is 6.42 Å². The lowest BCUT2D eigenvalue weighted by Crippen LogP contribution is -2.40. The number of hydrogen-bond donors (Lipinski definition) is 1. The standard InChI is InChI=1S/C12H28N2O/c1-12(2,3)11(13-4)7-8-14(5)9-10-15-6/h11,13H,7-10H2,1-6H3. The van der Waals surface area contributed by atoms with Crippen LogP contribution in [0.2, 0.25) is 0 Å². The van der Waals surface area contributed by atoms with E-state index < -0.39 is 0 Å². The summed E-state index contributed by atoms with van der Waals surface area (Å²) in [6.45, 7) is 9.79. The quantitative estimate of drug-likeness (QED) is 0.699. The van der Waals surface area contributed by atoms with Crippen LogP contribution in [0.4, 0.5) is 0 Å². The number of nitrogens with one attached hydrogen (secondary N) is 1. The van der Waals surface area contributed by atoms with Gasteiger partial charge in [0, 0.05) is 19.7 Å². The summed E-state index contributed by atoms with van der Waals surface area (Å²) in [5.74, 6) is 0. The van der Waals surface area contributed by atoms with Crippen LogP contribution in [0.3, 0.4) is 0 Å². The van der Waals surface area contributed by atoms with E-state index in [0.29, 0.717) is 11.5 Å². The highest BCUT2D eigenvalue weighted by Crippen LogP contribution is 2.21. The third-order valence-corrected chi connectivity index (χ3v) is 2.87. The molecule has 0 saturated carbocycles. The molecule has 1 N–H and O–H groups in total. The minimum Gasteiger partial charge on any atom is -0.383 e. The zero-order chi connectivity index (χ0) is 11.9. The first-order valence-electron chi connectivity index (χ1n) is 5.76. The fourth-order valence-corrected chi connectivity index (χ4v) is 1.72. The molecule has 0 aromatic heterocycles. The van der Waals surface area contributed by atoms with Crippen molar-refractivity contribution in [1.82, 2.24) is 10.2 Å². The average Bonchev–Trinajstić information content (AvgIpc) is 2.13. The predicted octanol–water partition coefficient (Wildman–Crippen LogP) is 1.59. The van der Waals surface area contributed by atoms with Gasteiger partial charge in [0.2, 0.25) is 0 Å². The minimum absolute atomic E-state index is 0.330. The van der Waals surface area contributed by atoms with E-state index in [1.807, 2.05) is 7.05 Å². The molecule has 0 radical (unpaired) electrons. The van der Waals surface area contributed by atoms with Gasteiger partial charge in [0.1, 0.15) is 0 Å². The van der Waals surface area contributed by atoms with Crippen LogP contribution in [-0.2, 0) is 4.74 Å². The van der Waals surface area contributed by atoms with Crippen LogP contribution in [0, 0.1) is 5.41 Å². The average molecular weight is 216 g/mol.